The first kappa shape index (κ1) is 14.2. The zero-order valence-corrected chi connectivity index (χ0v) is 12.3. The van der Waals surface area contributed by atoms with Crippen LogP contribution >= 0.6 is 0 Å². The van der Waals surface area contributed by atoms with E-state index in [0.29, 0.717) is 30.8 Å². The van der Waals surface area contributed by atoms with E-state index in [4.69, 9.17) is 4.52 Å². The van der Waals surface area contributed by atoms with Crippen LogP contribution in [-0.2, 0) is 6.54 Å². The van der Waals surface area contributed by atoms with E-state index in [2.05, 4.69) is 15.0 Å². The van der Waals surface area contributed by atoms with Crippen molar-refractivity contribution in [1.29, 1.82) is 0 Å². The third kappa shape index (κ3) is 3.31. The molecule has 112 valence electrons. The molecule has 0 spiro atoms. The van der Waals surface area contributed by atoms with E-state index >= 15 is 0 Å². The topological polar surface area (TPSA) is 62.4 Å². The Bertz CT molecular complexity index is 593. The van der Waals surface area contributed by atoms with Gasteiger partial charge < -0.3 is 9.63 Å². The van der Waals surface area contributed by atoms with E-state index in [1.807, 2.05) is 31.2 Å². The highest BCUT2D eigenvalue weighted by Gasteiger charge is 2.25. The van der Waals surface area contributed by atoms with Crippen LogP contribution in [0.2, 0.25) is 0 Å². The summed E-state index contributed by atoms with van der Waals surface area (Å²) in [6.07, 6.45) is 3.67. The van der Waals surface area contributed by atoms with Crippen molar-refractivity contribution in [3.8, 4) is 11.5 Å². The average Bonchev–Trinajstić information content (AvgIpc) is 2.85. The van der Waals surface area contributed by atoms with Crippen LogP contribution in [0.3, 0.4) is 0 Å². The summed E-state index contributed by atoms with van der Waals surface area (Å²) in [5.74, 6) is 1.25. The first-order chi connectivity index (χ1) is 10.3. The predicted molar refractivity (Wildman–Crippen MR) is 79.6 cm³/mol. The van der Waals surface area contributed by atoms with Gasteiger partial charge in [-0.1, -0.05) is 29.3 Å². The van der Waals surface area contributed by atoms with Gasteiger partial charge in [-0.15, -0.1) is 0 Å². The van der Waals surface area contributed by atoms with Crippen LogP contribution in [0.5, 0.6) is 0 Å². The molecule has 1 N–H and O–H groups in total. The Hall–Kier alpha value is -1.72. The van der Waals surface area contributed by atoms with Gasteiger partial charge >= 0.3 is 0 Å². The van der Waals surface area contributed by atoms with E-state index in [0.717, 1.165) is 5.56 Å². The van der Waals surface area contributed by atoms with Gasteiger partial charge in [-0.25, -0.2) is 0 Å². The van der Waals surface area contributed by atoms with Gasteiger partial charge in [-0.2, -0.15) is 4.98 Å². The summed E-state index contributed by atoms with van der Waals surface area (Å²) in [6, 6.07) is 8.59. The second-order valence-electron chi connectivity index (χ2n) is 5.66. The number of aliphatic hydroxyl groups excluding tert-OH is 1. The van der Waals surface area contributed by atoms with Crippen molar-refractivity contribution in [3.05, 3.63) is 35.7 Å². The van der Waals surface area contributed by atoms with Crippen LogP contribution in [-0.4, -0.2) is 39.3 Å². The molecule has 0 bridgehead atoms. The van der Waals surface area contributed by atoms with Crippen molar-refractivity contribution in [2.75, 3.05) is 13.2 Å². The molecule has 1 heterocycles. The van der Waals surface area contributed by atoms with Crippen molar-refractivity contribution < 1.29 is 9.63 Å². The third-order valence-electron chi connectivity index (χ3n) is 4.06. The van der Waals surface area contributed by atoms with Gasteiger partial charge in [-0.05, 0) is 31.9 Å². The number of hydrogen-bond donors (Lipinski definition) is 1. The van der Waals surface area contributed by atoms with Gasteiger partial charge in [-0.3, -0.25) is 4.90 Å². The fraction of sp³-hybridized carbons (Fsp3) is 0.500. The second kappa shape index (κ2) is 6.37. The highest BCUT2D eigenvalue weighted by Crippen LogP contribution is 2.26. The molecule has 21 heavy (non-hydrogen) atoms. The smallest absolute Gasteiger partial charge is 0.257 e. The van der Waals surface area contributed by atoms with E-state index in [1.54, 1.807) is 0 Å². The van der Waals surface area contributed by atoms with Gasteiger partial charge in [0.1, 0.15) is 0 Å². The van der Waals surface area contributed by atoms with Crippen molar-refractivity contribution in [2.24, 2.45) is 0 Å². The molecule has 0 saturated heterocycles. The van der Waals surface area contributed by atoms with Crippen LogP contribution in [0.15, 0.2) is 28.8 Å². The summed E-state index contributed by atoms with van der Waals surface area (Å²) in [7, 11) is 0. The lowest BCUT2D eigenvalue weighted by Crippen LogP contribution is -2.41. The number of rotatable bonds is 6. The Balaban J connectivity index is 1.71. The van der Waals surface area contributed by atoms with Crippen molar-refractivity contribution in [2.45, 2.75) is 38.8 Å². The number of aromatic nitrogens is 2. The van der Waals surface area contributed by atoms with Crippen LogP contribution in [0.25, 0.3) is 11.5 Å². The molecule has 5 heteroatoms. The van der Waals surface area contributed by atoms with Gasteiger partial charge in [0.25, 0.3) is 5.89 Å². The minimum absolute atomic E-state index is 0.166. The molecule has 0 aliphatic heterocycles. The molecule has 1 aliphatic carbocycles. The predicted octanol–water partition coefficient (Wildman–Crippen LogP) is 2.39. The fourth-order valence-corrected chi connectivity index (χ4v) is 2.67. The van der Waals surface area contributed by atoms with Crippen LogP contribution in [0, 0.1) is 6.92 Å². The van der Waals surface area contributed by atoms with E-state index in [9.17, 15) is 5.11 Å². The fourth-order valence-electron chi connectivity index (χ4n) is 2.67. The quantitative estimate of drug-likeness (QED) is 0.884. The monoisotopic (exact) mass is 287 g/mol. The maximum atomic E-state index is 9.19. The maximum absolute atomic E-state index is 9.19. The molecule has 1 aromatic carbocycles. The lowest BCUT2D eigenvalue weighted by Gasteiger charge is -2.36. The standard InChI is InChI=1S/C16H21N3O2/c1-12-4-2-5-13(10-12)16-17-15(18-21-16)11-19(8-9-20)14-6-3-7-14/h2,4-5,10,14,20H,3,6-9,11H2,1H3. The summed E-state index contributed by atoms with van der Waals surface area (Å²) < 4.78 is 5.37. The molecule has 1 aliphatic rings. The van der Waals surface area contributed by atoms with Crippen LogP contribution in [0.1, 0.15) is 30.7 Å². The Morgan fingerprint density at radius 1 is 1.38 bits per heavy atom. The molecule has 3 rings (SSSR count). The lowest BCUT2D eigenvalue weighted by atomic mass is 9.91. The number of aliphatic hydroxyl groups is 1. The Kier molecular flexibility index (Phi) is 4.31. The SMILES string of the molecule is Cc1cccc(-c2nc(CN(CCO)C3CCC3)no2)c1. The third-order valence-corrected chi connectivity index (χ3v) is 4.06. The molecule has 1 saturated carbocycles. The maximum Gasteiger partial charge on any atom is 0.257 e. The molecule has 0 unspecified atom stereocenters. The number of hydrogen-bond acceptors (Lipinski definition) is 5. The molecule has 0 atom stereocenters. The van der Waals surface area contributed by atoms with Crippen molar-refractivity contribution >= 4 is 0 Å². The average molecular weight is 287 g/mol. The van der Waals surface area contributed by atoms with Gasteiger partial charge in [0.05, 0.1) is 13.2 Å². The first-order valence-corrected chi connectivity index (χ1v) is 7.51. The summed E-state index contributed by atoms with van der Waals surface area (Å²) in [6.45, 7) is 3.51. The highest BCUT2D eigenvalue weighted by molar-refractivity contribution is 5.53. The second-order valence-corrected chi connectivity index (χ2v) is 5.66. The molecular formula is C16H21N3O2. The first-order valence-electron chi connectivity index (χ1n) is 7.51. The molecule has 5 nitrogen and oxygen atoms in total. The largest absolute Gasteiger partial charge is 0.395 e. The number of nitrogens with zero attached hydrogens (tertiary/aromatic N) is 3. The molecule has 1 aromatic heterocycles. The number of aryl methyl sites for hydroxylation is 1. The van der Waals surface area contributed by atoms with Crippen molar-refractivity contribution in [1.82, 2.24) is 15.0 Å². The van der Waals surface area contributed by atoms with Gasteiger partial charge in [0.2, 0.25) is 0 Å². The molecule has 1 fully saturated rings. The summed E-state index contributed by atoms with van der Waals surface area (Å²) in [5.41, 5.74) is 2.12. The normalized spacial score (nSPS) is 15.4. The van der Waals surface area contributed by atoms with E-state index in [-0.39, 0.29) is 6.61 Å². The lowest BCUT2D eigenvalue weighted by molar-refractivity contribution is 0.0912. The van der Waals surface area contributed by atoms with Gasteiger partial charge in [0.15, 0.2) is 5.82 Å². The van der Waals surface area contributed by atoms with Crippen molar-refractivity contribution in [3.63, 3.8) is 0 Å². The Morgan fingerprint density at radius 3 is 2.90 bits per heavy atom. The molecule has 0 radical (unpaired) electrons. The molecular weight excluding hydrogens is 266 g/mol. The summed E-state index contributed by atoms with van der Waals surface area (Å²) in [5, 5.41) is 13.3. The molecule has 0 amide bonds. The van der Waals surface area contributed by atoms with E-state index in [1.165, 1.54) is 24.8 Å². The minimum Gasteiger partial charge on any atom is -0.395 e. The van der Waals surface area contributed by atoms with Crippen LogP contribution < -0.4 is 0 Å². The minimum atomic E-state index is 0.166. The highest BCUT2D eigenvalue weighted by atomic mass is 16.5. The van der Waals surface area contributed by atoms with Gasteiger partial charge in [0, 0.05) is 18.2 Å². The Labute approximate surface area is 124 Å². The summed E-state index contributed by atoms with van der Waals surface area (Å²) >= 11 is 0. The Morgan fingerprint density at radius 2 is 2.24 bits per heavy atom. The zero-order valence-electron chi connectivity index (χ0n) is 12.3. The van der Waals surface area contributed by atoms with Crippen LogP contribution in [0.4, 0.5) is 0 Å². The van der Waals surface area contributed by atoms with E-state index < -0.39 is 0 Å². The zero-order chi connectivity index (χ0) is 14.7. The summed E-state index contributed by atoms with van der Waals surface area (Å²) in [4.78, 5) is 6.73. The number of benzene rings is 1. The molecule has 2 aromatic rings.